The van der Waals surface area contributed by atoms with Crippen LogP contribution in [0.4, 0.5) is 0 Å². The highest BCUT2D eigenvalue weighted by Gasteiger charge is 2.17. The van der Waals surface area contributed by atoms with Gasteiger partial charge in [-0.2, -0.15) is 5.10 Å². The lowest BCUT2D eigenvalue weighted by Crippen LogP contribution is -2.34. The van der Waals surface area contributed by atoms with E-state index in [9.17, 15) is 9.59 Å². The van der Waals surface area contributed by atoms with Crippen LogP contribution in [-0.2, 0) is 9.59 Å². The van der Waals surface area contributed by atoms with E-state index in [4.69, 9.17) is 16.0 Å². The van der Waals surface area contributed by atoms with Gasteiger partial charge in [0.05, 0.1) is 16.3 Å². The van der Waals surface area contributed by atoms with Crippen LogP contribution in [0.25, 0.3) is 11.5 Å². The van der Waals surface area contributed by atoms with E-state index in [1.165, 1.54) is 6.20 Å². The van der Waals surface area contributed by atoms with Crippen LogP contribution in [0.15, 0.2) is 40.1 Å². The number of hydrogen-bond acceptors (Lipinski definition) is 6. The fourth-order valence-electron chi connectivity index (χ4n) is 2.23. The average Bonchev–Trinajstić information content (AvgIpc) is 3.02. The quantitative estimate of drug-likeness (QED) is 0.425. The summed E-state index contributed by atoms with van der Waals surface area (Å²) in [5.74, 6) is 0.398. The minimum Gasteiger partial charge on any atom is -0.434 e. The van der Waals surface area contributed by atoms with Crippen molar-refractivity contribution in [2.45, 2.75) is 20.8 Å². The summed E-state index contributed by atoms with van der Waals surface area (Å²) in [4.78, 5) is 31.4. The topological polar surface area (TPSA) is 101 Å². The third-order valence-corrected chi connectivity index (χ3v) is 3.55. The number of oxazole rings is 1. The molecule has 0 aromatic carbocycles. The molecule has 1 N–H and O–H groups in total. The molecule has 2 heterocycles. The molecule has 0 spiro atoms. The van der Waals surface area contributed by atoms with Crippen LogP contribution in [0, 0.1) is 6.92 Å². The summed E-state index contributed by atoms with van der Waals surface area (Å²) in [5.41, 5.74) is 1.55. The Kier molecular flexibility index (Phi) is 7.25. The van der Waals surface area contributed by atoms with Gasteiger partial charge in [0, 0.05) is 18.9 Å². The van der Waals surface area contributed by atoms with Gasteiger partial charge in [0.15, 0.2) is 5.76 Å². The number of halogens is 1. The molecule has 9 heteroatoms. The van der Waals surface area contributed by atoms with Crippen molar-refractivity contribution in [3.05, 3.63) is 47.1 Å². The molecule has 2 aromatic heterocycles. The maximum atomic E-state index is 11.7. The molecule has 8 nitrogen and oxygen atoms in total. The summed E-state index contributed by atoms with van der Waals surface area (Å²) in [7, 11) is 0. The van der Waals surface area contributed by atoms with E-state index < -0.39 is 0 Å². The Morgan fingerprint density at radius 2 is 2.22 bits per heavy atom. The Hall–Kier alpha value is -3.00. The molecule has 0 aliphatic carbocycles. The number of likely N-dealkylation sites (N-methyl/N-ethyl adjacent to an activating group) is 1. The third-order valence-electron chi connectivity index (χ3n) is 3.34. The van der Waals surface area contributed by atoms with E-state index >= 15 is 0 Å². The van der Waals surface area contributed by atoms with Crippen LogP contribution in [-0.4, -0.2) is 46.1 Å². The second kappa shape index (κ2) is 9.63. The zero-order valence-corrected chi connectivity index (χ0v) is 16.0. The molecule has 0 aliphatic heterocycles. The largest absolute Gasteiger partial charge is 0.434 e. The first kappa shape index (κ1) is 20.3. The van der Waals surface area contributed by atoms with Gasteiger partial charge in [-0.25, -0.2) is 9.99 Å². The average molecular weight is 390 g/mol. The van der Waals surface area contributed by atoms with Crippen LogP contribution < -0.4 is 5.32 Å². The van der Waals surface area contributed by atoms with Gasteiger partial charge in [-0.05, 0) is 32.9 Å². The highest BCUT2D eigenvalue weighted by atomic mass is 35.5. The maximum Gasteiger partial charge on any atom is 0.241 e. The molecule has 0 fully saturated rings. The monoisotopic (exact) mass is 389 g/mol. The number of hydrazone groups is 1. The van der Waals surface area contributed by atoms with E-state index in [1.807, 2.05) is 0 Å². The molecule has 2 rings (SSSR count). The first-order chi connectivity index (χ1) is 13.0. The Balaban J connectivity index is 2.38. The second-order valence-electron chi connectivity index (χ2n) is 5.47. The van der Waals surface area contributed by atoms with E-state index in [1.54, 1.807) is 45.2 Å². The summed E-state index contributed by atoms with van der Waals surface area (Å²) < 4.78 is 5.83. The summed E-state index contributed by atoms with van der Waals surface area (Å²) in [6.07, 6.45) is 6.99. The third kappa shape index (κ3) is 5.49. The van der Waals surface area contributed by atoms with Gasteiger partial charge in [-0.3, -0.25) is 14.6 Å². The number of carbonyl (C=O) groups excluding carboxylic acids is 2. The zero-order valence-electron chi connectivity index (χ0n) is 15.3. The number of amides is 2. The first-order valence-corrected chi connectivity index (χ1v) is 8.64. The Labute approximate surface area is 161 Å². The number of aromatic nitrogens is 2. The van der Waals surface area contributed by atoms with Crippen LogP contribution in [0.1, 0.15) is 25.3 Å². The Morgan fingerprint density at radius 1 is 1.44 bits per heavy atom. The van der Waals surface area contributed by atoms with E-state index in [-0.39, 0.29) is 12.5 Å². The summed E-state index contributed by atoms with van der Waals surface area (Å²) in [6, 6.07) is 1.68. The minimum atomic E-state index is -0.312. The fraction of sp³-hybridized carbons (Fsp3) is 0.278. The van der Waals surface area contributed by atoms with Crippen molar-refractivity contribution in [3.63, 3.8) is 0 Å². The lowest BCUT2D eigenvalue weighted by Gasteiger charge is -2.12. The number of nitrogens with one attached hydrogen (secondary N) is 1. The highest BCUT2D eigenvalue weighted by Crippen LogP contribution is 2.24. The molecule has 2 aromatic rings. The molecular weight excluding hydrogens is 370 g/mol. The molecule has 0 saturated heterocycles. The summed E-state index contributed by atoms with van der Waals surface area (Å²) in [6.45, 7) is 5.63. The number of carbonyl (C=O) groups is 2. The van der Waals surface area contributed by atoms with E-state index in [0.717, 1.165) is 5.01 Å². The lowest BCUT2D eigenvalue weighted by molar-refractivity contribution is -0.127. The molecule has 0 saturated carbocycles. The van der Waals surface area contributed by atoms with Crippen LogP contribution >= 0.6 is 11.6 Å². The molecule has 0 bridgehead atoms. The molecule has 0 unspecified atom stereocenters. The van der Waals surface area contributed by atoms with Crippen LogP contribution in [0.5, 0.6) is 0 Å². The van der Waals surface area contributed by atoms with Crippen molar-refractivity contribution >= 4 is 29.6 Å². The summed E-state index contributed by atoms with van der Waals surface area (Å²) >= 11 is 5.97. The van der Waals surface area contributed by atoms with Gasteiger partial charge in [-0.1, -0.05) is 17.7 Å². The Morgan fingerprint density at radius 3 is 2.85 bits per heavy atom. The number of allylic oxidation sites excluding steroid dienone is 2. The summed E-state index contributed by atoms with van der Waals surface area (Å²) in [5, 5.41) is 8.30. The predicted octanol–water partition coefficient (Wildman–Crippen LogP) is 2.57. The lowest BCUT2D eigenvalue weighted by atomic mass is 10.2. The van der Waals surface area contributed by atoms with Gasteiger partial charge in [0.25, 0.3) is 0 Å². The Bertz CT molecular complexity index is 876. The van der Waals surface area contributed by atoms with Crippen molar-refractivity contribution in [2.75, 3.05) is 13.1 Å². The van der Waals surface area contributed by atoms with Gasteiger partial charge in [-0.15, -0.1) is 0 Å². The van der Waals surface area contributed by atoms with Crippen molar-refractivity contribution in [3.8, 4) is 11.5 Å². The SMILES string of the molecule is C/C=C\C(=N/N(C=O)CC(=O)NCC)c1oc(-c2cncc(Cl)c2)nc1C. The van der Waals surface area contributed by atoms with Crippen LogP contribution in [0.2, 0.25) is 5.02 Å². The molecule has 27 heavy (non-hydrogen) atoms. The van der Waals surface area contributed by atoms with Gasteiger partial charge in [0.2, 0.25) is 18.2 Å². The number of pyridine rings is 1. The standard InChI is InChI=1S/C18H20ClN5O3/c1-4-6-15(23-24(11-25)10-16(26)21-5-2)17-12(3)22-18(27-17)13-7-14(19)9-20-8-13/h4,6-9,11H,5,10H2,1-3H3,(H,21,26)/b6-4-,23-15+. The van der Waals surface area contributed by atoms with Gasteiger partial charge >= 0.3 is 0 Å². The normalized spacial score (nSPS) is 11.6. The number of aryl methyl sites for hydroxylation is 1. The highest BCUT2D eigenvalue weighted by molar-refractivity contribution is 6.30. The molecule has 0 aliphatic rings. The van der Waals surface area contributed by atoms with Crippen molar-refractivity contribution in [1.82, 2.24) is 20.3 Å². The molecule has 2 amide bonds. The smallest absolute Gasteiger partial charge is 0.241 e. The molecule has 0 atom stereocenters. The van der Waals surface area contributed by atoms with Crippen molar-refractivity contribution in [1.29, 1.82) is 0 Å². The number of hydrogen-bond donors (Lipinski definition) is 1. The van der Waals surface area contributed by atoms with Gasteiger partial charge in [0.1, 0.15) is 12.3 Å². The molecule has 0 radical (unpaired) electrons. The van der Waals surface area contributed by atoms with Crippen LogP contribution in [0.3, 0.4) is 0 Å². The first-order valence-electron chi connectivity index (χ1n) is 8.27. The predicted molar refractivity (Wildman–Crippen MR) is 102 cm³/mol. The fourth-order valence-corrected chi connectivity index (χ4v) is 2.41. The number of nitrogens with zero attached hydrogens (tertiary/aromatic N) is 4. The van der Waals surface area contributed by atoms with Crippen molar-refractivity contribution in [2.24, 2.45) is 5.10 Å². The van der Waals surface area contributed by atoms with E-state index in [0.29, 0.717) is 46.6 Å². The molecular formula is C18H20ClN5O3. The van der Waals surface area contributed by atoms with Gasteiger partial charge < -0.3 is 9.73 Å². The maximum absolute atomic E-state index is 11.7. The zero-order chi connectivity index (χ0) is 19.8. The molecule has 142 valence electrons. The number of rotatable bonds is 8. The van der Waals surface area contributed by atoms with Crippen molar-refractivity contribution < 1.29 is 14.0 Å². The van der Waals surface area contributed by atoms with E-state index in [2.05, 4.69) is 20.4 Å². The minimum absolute atomic E-state index is 0.198. The second-order valence-corrected chi connectivity index (χ2v) is 5.90.